The van der Waals surface area contributed by atoms with Crippen molar-refractivity contribution in [2.45, 2.75) is 59.5 Å². The standard InChI is InChI=1S/C34H45N3O5S/c1-6-42-31-20-18-30(19-21-31)37(43(5,40)41)22-12-17-33(38)36(25-29-16-11-10-13-27(29)4)32(34(39)35-24-26(2)3)23-28-14-8-7-9-15-28/h7-11,13-16,18-21,26,32H,6,12,17,22-25H2,1-5H3,(H,35,39)/t32-/m0/s1. The summed E-state index contributed by atoms with van der Waals surface area (Å²) in [6.07, 6.45) is 1.89. The van der Waals surface area contributed by atoms with Crippen LogP contribution in [0.15, 0.2) is 78.9 Å². The van der Waals surface area contributed by atoms with Crippen molar-refractivity contribution in [1.29, 1.82) is 0 Å². The number of ether oxygens (including phenoxy) is 1. The molecule has 3 aromatic rings. The van der Waals surface area contributed by atoms with Crippen molar-refractivity contribution in [3.63, 3.8) is 0 Å². The molecule has 43 heavy (non-hydrogen) atoms. The summed E-state index contributed by atoms with van der Waals surface area (Å²) in [5.74, 6) is 0.504. The molecule has 8 nitrogen and oxygen atoms in total. The lowest BCUT2D eigenvalue weighted by molar-refractivity contribution is -0.141. The number of anilines is 1. The van der Waals surface area contributed by atoms with Gasteiger partial charge in [0.25, 0.3) is 0 Å². The largest absolute Gasteiger partial charge is 0.494 e. The molecule has 0 saturated carbocycles. The smallest absolute Gasteiger partial charge is 0.243 e. The normalized spacial score (nSPS) is 12.0. The van der Waals surface area contributed by atoms with Gasteiger partial charge in [-0.3, -0.25) is 13.9 Å². The van der Waals surface area contributed by atoms with E-state index in [0.29, 0.717) is 31.0 Å². The van der Waals surface area contributed by atoms with E-state index in [1.54, 1.807) is 29.2 Å². The van der Waals surface area contributed by atoms with Crippen LogP contribution in [-0.2, 0) is 32.6 Å². The van der Waals surface area contributed by atoms with Crippen LogP contribution in [0.5, 0.6) is 5.75 Å². The first-order chi connectivity index (χ1) is 20.5. The van der Waals surface area contributed by atoms with E-state index in [-0.39, 0.29) is 43.7 Å². The van der Waals surface area contributed by atoms with Crippen molar-refractivity contribution in [1.82, 2.24) is 10.2 Å². The fourth-order valence-electron chi connectivity index (χ4n) is 4.83. The van der Waals surface area contributed by atoms with Gasteiger partial charge >= 0.3 is 0 Å². The number of hydrogen-bond acceptors (Lipinski definition) is 5. The zero-order valence-electron chi connectivity index (χ0n) is 26.0. The Labute approximate surface area is 257 Å². The molecule has 9 heteroatoms. The van der Waals surface area contributed by atoms with Crippen LogP contribution in [0.2, 0.25) is 0 Å². The van der Waals surface area contributed by atoms with Crippen molar-refractivity contribution < 1.29 is 22.7 Å². The molecule has 0 heterocycles. The summed E-state index contributed by atoms with van der Waals surface area (Å²) in [6, 6.07) is 23.7. The highest BCUT2D eigenvalue weighted by molar-refractivity contribution is 7.92. The third-order valence-corrected chi connectivity index (χ3v) is 8.34. The van der Waals surface area contributed by atoms with Gasteiger partial charge in [-0.05, 0) is 67.1 Å². The number of carbonyl (C=O) groups is 2. The van der Waals surface area contributed by atoms with Gasteiger partial charge in [0.2, 0.25) is 21.8 Å². The monoisotopic (exact) mass is 607 g/mol. The Morgan fingerprint density at radius 1 is 0.930 bits per heavy atom. The molecule has 0 aliphatic carbocycles. The van der Waals surface area contributed by atoms with E-state index in [1.807, 2.05) is 82.3 Å². The highest BCUT2D eigenvalue weighted by atomic mass is 32.2. The Kier molecular flexibility index (Phi) is 12.6. The highest BCUT2D eigenvalue weighted by Gasteiger charge is 2.31. The van der Waals surface area contributed by atoms with Crippen LogP contribution in [-0.4, -0.2) is 57.1 Å². The van der Waals surface area contributed by atoms with Crippen LogP contribution in [0.4, 0.5) is 5.69 Å². The van der Waals surface area contributed by atoms with Crippen molar-refractivity contribution in [3.8, 4) is 5.75 Å². The zero-order chi connectivity index (χ0) is 31.4. The fraction of sp³-hybridized carbons (Fsp3) is 0.412. The van der Waals surface area contributed by atoms with Gasteiger partial charge in [-0.15, -0.1) is 0 Å². The van der Waals surface area contributed by atoms with Crippen LogP contribution < -0.4 is 14.4 Å². The second-order valence-corrected chi connectivity index (χ2v) is 13.1. The molecule has 0 aromatic heterocycles. The lowest BCUT2D eigenvalue weighted by Gasteiger charge is -2.32. The molecule has 3 aromatic carbocycles. The molecule has 1 atom stereocenters. The fourth-order valence-corrected chi connectivity index (χ4v) is 5.79. The van der Waals surface area contributed by atoms with Gasteiger partial charge in [0.1, 0.15) is 11.8 Å². The molecule has 2 amide bonds. The summed E-state index contributed by atoms with van der Waals surface area (Å²) in [5.41, 5.74) is 3.44. The van der Waals surface area contributed by atoms with Gasteiger partial charge in [-0.2, -0.15) is 0 Å². The molecule has 0 spiro atoms. The van der Waals surface area contributed by atoms with Gasteiger partial charge in [-0.1, -0.05) is 68.4 Å². The predicted molar refractivity (Wildman–Crippen MR) is 173 cm³/mol. The van der Waals surface area contributed by atoms with Gasteiger partial charge in [0.15, 0.2) is 0 Å². The second-order valence-electron chi connectivity index (χ2n) is 11.2. The number of benzene rings is 3. The minimum Gasteiger partial charge on any atom is -0.494 e. The summed E-state index contributed by atoms with van der Waals surface area (Å²) in [7, 11) is -3.60. The number of sulfonamides is 1. The third kappa shape index (κ3) is 10.4. The van der Waals surface area contributed by atoms with E-state index in [2.05, 4.69) is 5.32 Å². The van der Waals surface area contributed by atoms with Gasteiger partial charge in [-0.25, -0.2) is 8.42 Å². The van der Waals surface area contributed by atoms with E-state index >= 15 is 0 Å². The lowest BCUT2D eigenvalue weighted by atomic mass is 10.0. The molecule has 0 unspecified atom stereocenters. The van der Waals surface area contributed by atoms with E-state index in [9.17, 15) is 18.0 Å². The summed E-state index contributed by atoms with van der Waals surface area (Å²) < 4.78 is 32.2. The number of nitrogens with zero attached hydrogens (tertiary/aromatic N) is 2. The summed E-state index contributed by atoms with van der Waals surface area (Å²) in [5, 5.41) is 3.04. The summed E-state index contributed by atoms with van der Waals surface area (Å²) >= 11 is 0. The Morgan fingerprint density at radius 2 is 1.58 bits per heavy atom. The van der Waals surface area contributed by atoms with Gasteiger partial charge < -0.3 is 15.0 Å². The zero-order valence-corrected chi connectivity index (χ0v) is 26.8. The van der Waals surface area contributed by atoms with Crippen LogP contribution in [0.3, 0.4) is 0 Å². The highest BCUT2D eigenvalue weighted by Crippen LogP contribution is 2.23. The maximum absolute atomic E-state index is 14.0. The number of nitrogens with one attached hydrogen (secondary N) is 1. The first kappa shape index (κ1) is 33.6. The molecule has 0 radical (unpaired) electrons. The Morgan fingerprint density at radius 3 is 2.19 bits per heavy atom. The Hall–Kier alpha value is -3.85. The van der Waals surface area contributed by atoms with Crippen molar-refractivity contribution in [2.75, 3.05) is 30.3 Å². The minimum atomic E-state index is -3.60. The molecule has 0 bridgehead atoms. The average Bonchev–Trinajstić information content (AvgIpc) is 2.97. The van der Waals surface area contributed by atoms with E-state index in [4.69, 9.17) is 4.74 Å². The van der Waals surface area contributed by atoms with Gasteiger partial charge in [0, 0.05) is 32.5 Å². The summed E-state index contributed by atoms with van der Waals surface area (Å²) in [4.78, 5) is 29.3. The van der Waals surface area contributed by atoms with E-state index in [0.717, 1.165) is 22.9 Å². The predicted octanol–water partition coefficient (Wildman–Crippen LogP) is 5.35. The van der Waals surface area contributed by atoms with E-state index in [1.165, 1.54) is 4.31 Å². The van der Waals surface area contributed by atoms with Crippen LogP contribution in [0, 0.1) is 12.8 Å². The molecule has 3 rings (SSSR count). The van der Waals surface area contributed by atoms with E-state index < -0.39 is 16.1 Å². The molecule has 232 valence electrons. The SMILES string of the molecule is CCOc1ccc(N(CCCC(=O)N(Cc2ccccc2C)[C@@H](Cc2ccccc2)C(=O)NCC(C)C)S(C)(=O)=O)cc1. The molecule has 0 aliphatic rings. The van der Waals surface area contributed by atoms with Crippen LogP contribution in [0.1, 0.15) is 50.3 Å². The molecule has 0 fully saturated rings. The average molecular weight is 608 g/mol. The molecule has 0 saturated heterocycles. The molecular weight excluding hydrogens is 562 g/mol. The Balaban J connectivity index is 1.87. The molecule has 1 N–H and O–H groups in total. The first-order valence-electron chi connectivity index (χ1n) is 14.9. The number of amides is 2. The van der Waals surface area contributed by atoms with Gasteiger partial charge in [0.05, 0.1) is 18.6 Å². The summed E-state index contributed by atoms with van der Waals surface area (Å²) in [6.45, 7) is 9.34. The molecular formula is C34H45N3O5S. The molecule has 0 aliphatic heterocycles. The maximum atomic E-state index is 14.0. The maximum Gasteiger partial charge on any atom is 0.243 e. The van der Waals surface area contributed by atoms with Crippen LogP contribution >= 0.6 is 0 Å². The number of carbonyl (C=O) groups excluding carboxylic acids is 2. The van der Waals surface area contributed by atoms with Crippen molar-refractivity contribution in [3.05, 3.63) is 95.6 Å². The second kappa shape index (κ2) is 16.1. The number of hydrogen-bond donors (Lipinski definition) is 1. The first-order valence-corrected chi connectivity index (χ1v) is 16.7. The van der Waals surface area contributed by atoms with Crippen molar-refractivity contribution >= 4 is 27.5 Å². The lowest BCUT2D eigenvalue weighted by Crippen LogP contribution is -2.51. The minimum absolute atomic E-state index is 0.0810. The topological polar surface area (TPSA) is 96.0 Å². The number of aryl methyl sites for hydroxylation is 1. The quantitative estimate of drug-likeness (QED) is 0.237. The third-order valence-electron chi connectivity index (χ3n) is 7.15. The van der Waals surface area contributed by atoms with Crippen LogP contribution in [0.25, 0.3) is 0 Å². The van der Waals surface area contributed by atoms with Crippen molar-refractivity contribution in [2.24, 2.45) is 5.92 Å². The Bertz CT molecular complexity index is 1430. The number of rotatable bonds is 16.